The van der Waals surface area contributed by atoms with Crippen molar-refractivity contribution in [2.75, 3.05) is 5.75 Å². The van der Waals surface area contributed by atoms with Crippen molar-refractivity contribution in [2.45, 2.75) is 5.16 Å². The fourth-order valence-electron chi connectivity index (χ4n) is 2.53. The van der Waals surface area contributed by atoms with Gasteiger partial charge in [0.05, 0.1) is 10.4 Å². The van der Waals surface area contributed by atoms with Crippen molar-refractivity contribution in [3.63, 3.8) is 0 Å². The van der Waals surface area contributed by atoms with E-state index in [0.29, 0.717) is 27.0 Å². The summed E-state index contributed by atoms with van der Waals surface area (Å²) in [6, 6.07) is 11.3. The van der Waals surface area contributed by atoms with Crippen molar-refractivity contribution in [3.8, 4) is 0 Å². The van der Waals surface area contributed by atoms with Gasteiger partial charge >= 0.3 is 0 Å². The Hall–Kier alpha value is -2.51. The molecule has 7 heteroatoms. The molecule has 0 atom stereocenters. The van der Waals surface area contributed by atoms with E-state index < -0.39 is 0 Å². The minimum absolute atomic E-state index is 0.101. The number of thiophene rings is 1. The normalized spacial score (nSPS) is 11.2. The molecule has 0 N–H and O–H groups in total. The van der Waals surface area contributed by atoms with Crippen molar-refractivity contribution in [1.29, 1.82) is 0 Å². The first-order valence-electron chi connectivity index (χ1n) is 7.25. The molecule has 0 saturated heterocycles. The Labute approximate surface area is 146 Å². The number of aromatic nitrogens is 4. The lowest BCUT2D eigenvalue weighted by molar-refractivity contribution is 0.0973. The summed E-state index contributed by atoms with van der Waals surface area (Å²) in [7, 11) is 0. The molecule has 0 fully saturated rings. The van der Waals surface area contributed by atoms with Gasteiger partial charge in [0, 0.05) is 11.1 Å². The van der Waals surface area contributed by atoms with Crippen LogP contribution in [0.2, 0.25) is 0 Å². The van der Waals surface area contributed by atoms with E-state index in [0.717, 1.165) is 10.9 Å². The highest BCUT2D eigenvalue weighted by Gasteiger charge is 2.20. The number of benzene rings is 1. The number of hydrogen-bond acceptors (Lipinski definition) is 6. The Morgan fingerprint density at radius 1 is 1.25 bits per heavy atom. The first-order chi connectivity index (χ1) is 11.8. The number of carbonyl (C=O) groups excluding carboxylic acids is 1. The van der Waals surface area contributed by atoms with Crippen LogP contribution in [0.4, 0.5) is 0 Å². The zero-order valence-electron chi connectivity index (χ0n) is 12.5. The van der Waals surface area contributed by atoms with Crippen molar-refractivity contribution in [1.82, 2.24) is 19.7 Å². The van der Waals surface area contributed by atoms with E-state index in [1.165, 1.54) is 23.1 Å². The fraction of sp³-hybridized carbons (Fsp3) is 0.0588. The van der Waals surface area contributed by atoms with Crippen LogP contribution in [0.3, 0.4) is 0 Å². The molecule has 0 aliphatic carbocycles. The Morgan fingerprint density at radius 2 is 2.12 bits per heavy atom. The number of rotatable bonds is 4. The maximum Gasteiger partial charge on any atom is 0.274 e. The quantitative estimate of drug-likeness (QED) is 0.410. The van der Waals surface area contributed by atoms with Gasteiger partial charge in [-0.15, -0.1) is 28.1 Å². The van der Waals surface area contributed by atoms with E-state index in [-0.39, 0.29) is 5.91 Å². The minimum Gasteiger partial charge on any atom is -0.267 e. The molecule has 0 saturated carbocycles. The molecule has 0 bridgehead atoms. The second-order valence-electron chi connectivity index (χ2n) is 5.00. The smallest absolute Gasteiger partial charge is 0.267 e. The molecule has 3 aromatic heterocycles. The summed E-state index contributed by atoms with van der Waals surface area (Å²) in [5, 5.41) is 11.8. The fourth-order valence-corrected chi connectivity index (χ4v) is 3.70. The standard InChI is InChI=1S/C17H12N4OS2/c1-2-9-24-17-18-15-14(19-20-17)11-6-3-4-7-12(11)21(15)16(22)13-8-5-10-23-13/h2-8,10H,1,9H2. The van der Waals surface area contributed by atoms with Crippen molar-refractivity contribution in [2.24, 2.45) is 0 Å². The average molecular weight is 352 g/mol. The number of thioether (sulfide) groups is 1. The maximum absolute atomic E-state index is 13.0. The van der Waals surface area contributed by atoms with Gasteiger partial charge < -0.3 is 0 Å². The molecule has 5 nitrogen and oxygen atoms in total. The Bertz CT molecular complexity index is 1050. The molecule has 24 heavy (non-hydrogen) atoms. The molecular formula is C17H12N4OS2. The largest absolute Gasteiger partial charge is 0.274 e. The van der Waals surface area contributed by atoms with E-state index in [1.54, 1.807) is 10.6 Å². The Balaban J connectivity index is 2.00. The summed E-state index contributed by atoms with van der Waals surface area (Å²) in [6.45, 7) is 3.70. The number of hydrogen-bond donors (Lipinski definition) is 0. The van der Waals surface area contributed by atoms with Crippen LogP contribution in [0.5, 0.6) is 0 Å². The van der Waals surface area contributed by atoms with E-state index in [4.69, 9.17) is 0 Å². The van der Waals surface area contributed by atoms with Gasteiger partial charge in [-0.05, 0) is 17.5 Å². The average Bonchev–Trinajstić information content (AvgIpc) is 3.25. The molecule has 118 valence electrons. The predicted octanol–water partition coefficient (Wildman–Crippen LogP) is 4.01. The topological polar surface area (TPSA) is 60.7 Å². The molecule has 1 aromatic carbocycles. The predicted molar refractivity (Wildman–Crippen MR) is 97.8 cm³/mol. The zero-order valence-corrected chi connectivity index (χ0v) is 14.2. The lowest BCUT2D eigenvalue weighted by atomic mass is 10.2. The molecule has 0 radical (unpaired) electrons. The zero-order chi connectivity index (χ0) is 16.5. The summed E-state index contributed by atoms with van der Waals surface area (Å²) in [5.41, 5.74) is 1.97. The summed E-state index contributed by atoms with van der Waals surface area (Å²) in [5.74, 6) is 0.586. The number of fused-ring (bicyclic) bond motifs is 3. The summed E-state index contributed by atoms with van der Waals surface area (Å²) >= 11 is 2.85. The van der Waals surface area contributed by atoms with Gasteiger partial charge in [0.15, 0.2) is 5.65 Å². The van der Waals surface area contributed by atoms with E-state index in [1.807, 2.05) is 41.8 Å². The first kappa shape index (κ1) is 15.0. The van der Waals surface area contributed by atoms with Crippen molar-refractivity contribution < 1.29 is 4.79 Å². The number of para-hydroxylation sites is 1. The van der Waals surface area contributed by atoms with Gasteiger partial charge in [-0.25, -0.2) is 4.98 Å². The van der Waals surface area contributed by atoms with E-state index in [9.17, 15) is 4.79 Å². The molecule has 4 aromatic rings. The summed E-state index contributed by atoms with van der Waals surface area (Å²) in [6.07, 6.45) is 1.78. The van der Waals surface area contributed by atoms with Crippen LogP contribution >= 0.6 is 23.1 Å². The highest BCUT2D eigenvalue weighted by Crippen LogP contribution is 2.28. The van der Waals surface area contributed by atoms with Gasteiger partial charge in [-0.2, -0.15) is 0 Å². The minimum atomic E-state index is -0.101. The molecule has 3 heterocycles. The van der Waals surface area contributed by atoms with Gasteiger partial charge in [0.1, 0.15) is 5.52 Å². The van der Waals surface area contributed by atoms with E-state index >= 15 is 0 Å². The molecule has 0 spiro atoms. The van der Waals surface area contributed by atoms with Crippen LogP contribution < -0.4 is 0 Å². The third kappa shape index (κ3) is 2.42. The molecule has 0 aliphatic rings. The highest BCUT2D eigenvalue weighted by atomic mass is 32.2. The van der Waals surface area contributed by atoms with Crippen LogP contribution in [0, 0.1) is 0 Å². The van der Waals surface area contributed by atoms with Gasteiger partial charge in [-0.1, -0.05) is 42.1 Å². The second-order valence-corrected chi connectivity index (χ2v) is 6.94. The van der Waals surface area contributed by atoms with Crippen LogP contribution in [-0.2, 0) is 0 Å². The third-order valence-corrected chi connectivity index (χ3v) is 5.22. The Morgan fingerprint density at radius 3 is 2.92 bits per heavy atom. The maximum atomic E-state index is 13.0. The lowest BCUT2D eigenvalue weighted by Gasteiger charge is -2.03. The summed E-state index contributed by atoms with van der Waals surface area (Å²) in [4.78, 5) is 18.2. The van der Waals surface area contributed by atoms with Crippen LogP contribution in [0.15, 0.2) is 59.6 Å². The van der Waals surface area contributed by atoms with Crippen molar-refractivity contribution >= 4 is 51.1 Å². The molecule has 0 amide bonds. The van der Waals surface area contributed by atoms with Gasteiger partial charge in [-0.3, -0.25) is 9.36 Å². The summed E-state index contributed by atoms with van der Waals surface area (Å²) < 4.78 is 1.63. The SMILES string of the molecule is C=CCSc1nnc2c3ccccc3n(C(=O)c3cccs3)c2n1. The molecular weight excluding hydrogens is 340 g/mol. The second kappa shape index (κ2) is 6.18. The van der Waals surface area contributed by atoms with Gasteiger partial charge in [0.2, 0.25) is 5.16 Å². The van der Waals surface area contributed by atoms with Gasteiger partial charge in [0.25, 0.3) is 5.91 Å². The van der Waals surface area contributed by atoms with Crippen LogP contribution in [-0.4, -0.2) is 31.4 Å². The first-order valence-corrected chi connectivity index (χ1v) is 9.12. The monoisotopic (exact) mass is 352 g/mol. The number of nitrogens with zero attached hydrogens (tertiary/aromatic N) is 4. The molecule has 0 aliphatic heterocycles. The lowest BCUT2D eigenvalue weighted by Crippen LogP contribution is -2.11. The third-order valence-electron chi connectivity index (χ3n) is 3.53. The highest BCUT2D eigenvalue weighted by molar-refractivity contribution is 7.99. The molecule has 4 rings (SSSR count). The number of carbonyl (C=O) groups is 1. The van der Waals surface area contributed by atoms with Crippen molar-refractivity contribution in [3.05, 3.63) is 59.3 Å². The van der Waals surface area contributed by atoms with Crippen LogP contribution in [0.25, 0.3) is 22.1 Å². The van der Waals surface area contributed by atoms with E-state index in [2.05, 4.69) is 21.8 Å². The molecule has 0 unspecified atom stereocenters. The Kier molecular flexibility index (Phi) is 3.87. The van der Waals surface area contributed by atoms with Crippen LogP contribution in [0.1, 0.15) is 9.67 Å².